The summed E-state index contributed by atoms with van der Waals surface area (Å²) in [6.07, 6.45) is 1.49. The zero-order valence-electron chi connectivity index (χ0n) is 14.0. The highest BCUT2D eigenvalue weighted by Crippen LogP contribution is 2.21. The van der Waals surface area contributed by atoms with Crippen molar-refractivity contribution in [3.63, 3.8) is 0 Å². The average Bonchev–Trinajstić information content (AvgIpc) is 3.11. The van der Waals surface area contributed by atoms with Crippen LogP contribution < -0.4 is 10.3 Å². The molecule has 0 radical (unpaired) electrons. The molecule has 0 fully saturated rings. The maximum atomic E-state index is 13.0. The van der Waals surface area contributed by atoms with Crippen molar-refractivity contribution in [1.82, 2.24) is 19.4 Å². The summed E-state index contributed by atoms with van der Waals surface area (Å²) in [5.74, 6) is 0.435. The van der Waals surface area contributed by atoms with Crippen molar-refractivity contribution < 1.29 is 9.13 Å². The van der Waals surface area contributed by atoms with Gasteiger partial charge in [-0.2, -0.15) is 10.2 Å². The predicted molar refractivity (Wildman–Crippen MR) is 94.7 cm³/mol. The first kappa shape index (κ1) is 16.0. The molecule has 0 aliphatic rings. The molecule has 0 saturated heterocycles. The van der Waals surface area contributed by atoms with E-state index in [1.165, 1.54) is 27.7 Å². The molecule has 2 aromatic heterocycles. The van der Waals surface area contributed by atoms with E-state index in [1.807, 2.05) is 24.3 Å². The van der Waals surface area contributed by atoms with E-state index in [9.17, 15) is 9.18 Å². The fraction of sp³-hybridized carbons (Fsp3) is 0.105. The molecular formula is C19H15FN4O2. The van der Waals surface area contributed by atoms with E-state index in [-0.39, 0.29) is 17.9 Å². The number of benzene rings is 2. The Morgan fingerprint density at radius 1 is 1.08 bits per heavy atom. The van der Waals surface area contributed by atoms with Gasteiger partial charge in [0, 0.05) is 5.56 Å². The maximum Gasteiger partial charge on any atom is 0.293 e. The first-order valence-electron chi connectivity index (χ1n) is 7.98. The Balaban J connectivity index is 1.71. The Morgan fingerprint density at radius 3 is 2.50 bits per heavy atom. The number of fused-ring (bicyclic) bond motifs is 1. The third kappa shape index (κ3) is 2.95. The van der Waals surface area contributed by atoms with Crippen molar-refractivity contribution in [3.8, 4) is 17.0 Å². The minimum Gasteiger partial charge on any atom is -0.497 e. The maximum absolute atomic E-state index is 13.0. The Hall–Kier alpha value is -3.48. The Labute approximate surface area is 148 Å². The standard InChI is InChI=1S/C19H15FN4O2/c1-26-16-8-4-14(5-9-16)17-10-18-19(25)23(21-12-24(18)22-17)11-13-2-6-15(20)7-3-13/h2-10,12H,11H2,1H3. The van der Waals surface area contributed by atoms with Gasteiger partial charge in [0.1, 0.15) is 23.4 Å². The summed E-state index contributed by atoms with van der Waals surface area (Å²) in [7, 11) is 1.61. The number of methoxy groups -OCH3 is 1. The topological polar surface area (TPSA) is 61.4 Å². The molecule has 4 rings (SSSR count). The van der Waals surface area contributed by atoms with Gasteiger partial charge in [0.15, 0.2) is 0 Å². The van der Waals surface area contributed by atoms with E-state index >= 15 is 0 Å². The largest absolute Gasteiger partial charge is 0.497 e. The summed E-state index contributed by atoms with van der Waals surface area (Å²) in [6, 6.07) is 15.1. The van der Waals surface area contributed by atoms with Gasteiger partial charge in [-0.05, 0) is 48.0 Å². The predicted octanol–water partition coefficient (Wildman–Crippen LogP) is 2.75. The average molecular weight is 350 g/mol. The van der Waals surface area contributed by atoms with E-state index in [0.717, 1.165) is 16.9 Å². The molecule has 7 heteroatoms. The van der Waals surface area contributed by atoms with Gasteiger partial charge < -0.3 is 4.74 Å². The molecular weight excluding hydrogens is 335 g/mol. The number of nitrogens with zero attached hydrogens (tertiary/aromatic N) is 4. The van der Waals surface area contributed by atoms with Gasteiger partial charge in [-0.1, -0.05) is 12.1 Å². The second-order valence-corrected chi connectivity index (χ2v) is 5.81. The second kappa shape index (κ2) is 6.44. The molecule has 0 amide bonds. The van der Waals surface area contributed by atoms with Gasteiger partial charge in [-0.15, -0.1) is 0 Å². The van der Waals surface area contributed by atoms with Crippen LogP contribution in [-0.4, -0.2) is 26.5 Å². The molecule has 0 atom stereocenters. The van der Waals surface area contributed by atoms with Crippen molar-refractivity contribution >= 4 is 5.52 Å². The van der Waals surface area contributed by atoms with Crippen LogP contribution >= 0.6 is 0 Å². The van der Waals surface area contributed by atoms with Crippen LogP contribution in [0.5, 0.6) is 5.75 Å². The molecule has 2 heterocycles. The third-order valence-corrected chi connectivity index (χ3v) is 4.12. The van der Waals surface area contributed by atoms with Gasteiger partial charge in [0.25, 0.3) is 5.56 Å². The van der Waals surface area contributed by atoms with Crippen molar-refractivity contribution in [2.75, 3.05) is 7.11 Å². The zero-order valence-corrected chi connectivity index (χ0v) is 14.0. The van der Waals surface area contributed by atoms with Crippen LogP contribution in [0.1, 0.15) is 5.56 Å². The van der Waals surface area contributed by atoms with E-state index in [4.69, 9.17) is 4.74 Å². The fourth-order valence-electron chi connectivity index (χ4n) is 2.72. The highest BCUT2D eigenvalue weighted by molar-refractivity contribution is 5.65. The zero-order chi connectivity index (χ0) is 18.1. The molecule has 0 aliphatic carbocycles. The third-order valence-electron chi connectivity index (χ3n) is 4.12. The van der Waals surface area contributed by atoms with E-state index in [1.54, 1.807) is 25.3 Å². The van der Waals surface area contributed by atoms with Crippen molar-refractivity contribution in [2.45, 2.75) is 6.54 Å². The first-order chi connectivity index (χ1) is 12.6. The fourth-order valence-corrected chi connectivity index (χ4v) is 2.72. The number of hydrogen-bond acceptors (Lipinski definition) is 4. The highest BCUT2D eigenvalue weighted by atomic mass is 19.1. The molecule has 26 heavy (non-hydrogen) atoms. The van der Waals surface area contributed by atoms with Crippen LogP contribution in [0, 0.1) is 5.82 Å². The molecule has 0 unspecified atom stereocenters. The number of rotatable bonds is 4. The summed E-state index contributed by atoms with van der Waals surface area (Å²) in [5, 5.41) is 8.56. The Morgan fingerprint density at radius 2 is 1.81 bits per heavy atom. The molecule has 130 valence electrons. The lowest BCUT2D eigenvalue weighted by Crippen LogP contribution is -2.25. The quantitative estimate of drug-likeness (QED) is 0.568. The van der Waals surface area contributed by atoms with Crippen LogP contribution in [0.4, 0.5) is 4.39 Å². The second-order valence-electron chi connectivity index (χ2n) is 5.81. The lowest BCUT2D eigenvalue weighted by atomic mass is 10.1. The van der Waals surface area contributed by atoms with Gasteiger partial charge in [-0.3, -0.25) is 4.79 Å². The van der Waals surface area contributed by atoms with Crippen LogP contribution in [0.15, 0.2) is 65.7 Å². The van der Waals surface area contributed by atoms with Gasteiger partial charge in [0.05, 0.1) is 19.3 Å². The summed E-state index contributed by atoms with van der Waals surface area (Å²) in [6.45, 7) is 0.263. The monoisotopic (exact) mass is 350 g/mol. The number of hydrogen-bond donors (Lipinski definition) is 0. The van der Waals surface area contributed by atoms with Gasteiger partial charge in [0.2, 0.25) is 0 Å². The molecule has 0 aliphatic heterocycles. The summed E-state index contributed by atoms with van der Waals surface area (Å²) in [4.78, 5) is 12.7. The molecule has 0 saturated carbocycles. The molecule has 4 aromatic rings. The Kier molecular flexibility index (Phi) is 3.96. The van der Waals surface area contributed by atoms with Crippen molar-refractivity contribution in [1.29, 1.82) is 0 Å². The van der Waals surface area contributed by atoms with Crippen molar-refractivity contribution in [3.05, 3.63) is 82.7 Å². The molecule has 2 aromatic carbocycles. The molecule has 0 spiro atoms. The minimum atomic E-state index is -0.315. The van der Waals surface area contributed by atoms with Gasteiger partial charge >= 0.3 is 0 Å². The van der Waals surface area contributed by atoms with Crippen LogP contribution in [-0.2, 0) is 6.54 Å². The summed E-state index contributed by atoms with van der Waals surface area (Å²) >= 11 is 0. The van der Waals surface area contributed by atoms with E-state index < -0.39 is 0 Å². The van der Waals surface area contributed by atoms with Crippen LogP contribution in [0.25, 0.3) is 16.8 Å². The molecule has 0 N–H and O–H groups in total. The summed E-state index contributed by atoms with van der Waals surface area (Å²) < 4.78 is 21.0. The lowest BCUT2D eigenvalue weighted by Gasteiger charge is -2.04. The van der Waals surface area contributed by atoms with Gasteiger partial charge in [-0.25, -0.2) is 13.6 Å². The van der Waals surface area contributed by atoms with E-state index in [2.05, 4.69) is 10.2 Å². The lowest BCUT2D eigenvalue weighted by molar-refractivity contribution is 0.415. The van der Waals surface area contributed by atoms with Crippen LogP contribution in [0.3, 0.4) is 0 Å². The highest BCUT2D eigenvalue weighted by Gasteiger charge is 2.10. The molecule has 0 bridgehead atoms. The van der Waals surface area contributed by atoms with Crippen LogP contribution in [0.2, 0.25) is 0 Å². The number of halogens is 1. The first-order valence-corrected chi connectivity index (χ1v) is 7.98. The number of ether oxygens (including phenoxy) is 1. The van der Waals surface area contributed by atoms with Crippen molar-refractivity contribution in [2.24, 2.45) is 0 Å². The molecule has 6 nitrogen and oxygen atoms in total. The normalized spacial score (nSPS) is 11.0. The smallest absolute Gasteiger partial charge is 0.293 e. The number of aromatic nitrogens is 4. The SMILES string of the molecule is COc1ccc(-c2cc3c(=O)n(Cc4ccc(F)cc4)ncn3n2)cc1. The Bertz CT molecular complexity index is 1120. The summed E-state index contributed by atoms with van der Waals surface area (Å²) in [5.41, 5.74) is 2.50. The van der Waals surface area contributed by atoms with E-state index in [0.29, 0.717) is 11.2 Å². The minimum absolute atomic E-state index is 0.260.